The molecule has 0 spiro atoms. The molecule has 0 atom stereocenters. The zero-order valence-corrected chi connectivity index (χ0v) is 17.1. The first-order chi connectivity index (χ1) is 15.8. The number of anilines is 1. The zero-order chi connectivity index (χ0) is 23.3. The number of nitrogens with one attached hydrogen (secondary N) is 1. The number of aromatic nitrogens is 5. The molecule has 8 nitrogen and oxygen atoms in total. The lowest BCUT2D eigenvalue weighted by atomic mass is 10.0. The van der Waals surface area contributed by atoms with E-state index in [1.807, 2.05) is 6.07 Å². The molecule has 0 unspecified atom stereocenters. The van der Waals surface area contributed by atoms with Crippen LogP contribution >= 0.6 is 0 Å². The maximum atomic E-state index is 14.5. The van der Waals surface area contributed by atoms with Crippen LogP contribution in [-0.4, -0.2) is 30.8 Å². The molecule has 1 aliphatic rings. The van der Waals surface area contributed by atoms with Crippen LogP contribution in [0.25, 0.3) is 16.9 Å². The Kier molecular flexibility index (Phi) is 4.70. The number of alkyl halides is 3. The lowest BCUT2D eigenvalue weighted by Gasteiger charge is -2.13. The summed E-state index contributed by atoms with van der Waals surface area (Å²) in [4.78, 5) is 8.52. The van der Waals surface area contributed by atoms with Gasteiger partial charge in [0.05, 0.1) is 24.1 Å². The molecule has 3 aromatic heterocycles. The summed E-state index contributed by atoms with van der Waals surface area (Å²) in [7, 11) is 1.38. The van der Waals surface area contributed by atoms with Gasteiger partial charge in [-0.3, -0.25) is 9.08 Å². The van der Waals surface area contributed by atoms with E-state index in [2.05, 4.69) is 20.4 Å². The SMILES string of the molecule is Cn1nc(C(F)(F)F)cc1-c1cnc(NCc2c(F)ccc3c2CCO3)n2cc(C#N)nc12. The van der Waals surface area contributed by atoms with E-state index >= 15 is 0 Å². The first-order valence-electron chi connectivity index (χ1n) is 9.83. The van der Waals surface area contributed by atoms with Gasteiger partial charge in [0.15, 0.2) is 17.0 Å². The molecule has 33 heavy (non-hydrogen) atoms. The minimum atomic E-state index is -4.61. The van der Waals surface area contributed by atoms with Gasteiger partial charge in [-0.15, -0.1) is 0 Å². The summed E-state index contributed by atoms with van der Waals surface area (Å²) in [6.07, 6.45) is -1.28. The monoisotopic (exact) mass is 457 g/mol. The smallest absolute Gasteiger partial charge is 0.435 e. The molecular weight excluding hydrogens is 442 g/mol. The quantitative estimate of drug-likeness (QED) is 0.470. The Morgan fingerprint density at radius 2 is 2.12 bits per heavy atom. The summed E-state index contributed by atoms with van der Waals surface area (Å²) in [6, 6.07) is 5.73. The number of halogens is 4. The van der Waals surface area contributed by atoms with Gasteiger partial charge in [-0.1, -0.05) is 0 Å². The molecule has 168 valence electrons. The van der Waals surface area contributed by atoms with Crippen molar-refractivity contribution in [1.82, 2.24) is 24.1 Å². The van der Waals surface area contributed by atoms with Crippen LogP contribution in [0.5, 0.6) is 5.75 Å². The highest BCUT2D eigenvalue weighted by atomic mass is 19.4. The molecule has 4 aromatic rings. The van der Waals surface area contributed by atoms with E-state index in [0.717, 1.165) is 16.3 Å². The number of benzene rings is 1. The molecule has 4 heterocycles. The third kappa shape index (κ3) is 3.51. The van der Waals surface area contributed by atoms with Crippen LogP contribution in [0.15, 0.2) is 30.6 Å². The molecule has 0 bridgehead atoms. The number of fused-ring (bicyclic) bond motifs is 2. The van der Waals surface area contributed by atoms with Gasteiger partial charge in [0.2, 0.25) is 5.95 Å². The van der Waals surface area contributed by atoms with E-state index in [-0.39, 0.29) is 35.1 Å². The Morgan fingerprint density at radius 3 is 2.85 bits per heavy atom. The van der Waals surface area contributed by atoms with Gasteiger partial charge < -0.3 is 10.1 Å². The number of nitrogens with zero attached hydrogens (tertiary/aromatic N) is 6. The summed E-state index contributed by atoms with van der Waals surface area (Å²) in [6.45, 7) is 0.560. The molecule has 1 aliphatic heterocycles. The minimum absolute atomic E-state index is 0.0469. The van der Waals surface area contributed by atoms with E-state index in [1.54, 1.807) is 6.07 Å². The first kappa shape index (κ1) is 20.7. The van der Waals surface area contributed by atoms with Crippen molar-refractivity contribution in [1.29, 1.82) is 5.26 Å². The van der Waals surface area contributed by atoms with Crippen molar-refractivity contribution in [2.45, 2.75) is 19.1 Å². The maximum absolute atomic E-state index is 14.5. The van der Waals surface area contributed by atoms with Gasteiger partial charge in [-0.2, -0.15) is 23.5 Å². The molecule has 0 radical (unpaired) electrons. The third-order valence-electron chi connectivity index (χ3n) is 5.42. The Balaban J connectivity index is 1.56. The lowest BCUT2D eigenvalue weighted by molar-refractivity contribution is -0.141. The summed E-state index contributed by atoms with van der Waals surface area (Å²) in [5.74, 6) is 0.488. The summed E-state index contributed by atoms with van der Waals surface area (Å²) in [5.41, 5.74) is 0.800. The predicted molar refractivity (Wildman–Crippen MR) is 108 cm³/mol. The lowest BCUT2D eigenvalue weighted by Crippen LogP contribution is -2.10. The molecule has 1 N–H and O–H groups in total. The van der Waals surface area contributed by atoms with Gasteiger partial charge in [0, 0.05) is 37.3 Å². The van der Waals surface area contributed by atoms with Crippen LogP contribution < -0.4 is 10.1 Å². The van der Waals surface area contributed by atoms with Gasteiger partial charge in [-0.05, 0) is 18.2 Å². The van der Waals surface area contributed by atoms with Crippen LogP contribution in [0.1, 0.15) is 22.5 Å². The molecule has 0 saturated heterocycles. The molecule has 0 fully saturated rings. The van der Waals surface area contributed by atoms with Crippen LogP contribution in [0, 0.1) is 17.1 Å². The van der Waals surface area contributed by atoms with Crippen molar-refractivity contribution in [2.24, 2.45) is 7.05 Å². The first-order valence-corrected chi connectivity index (χ1v) is 9.83. The van der Waals surface area contributed by atoms with E-state index in [4.69, 9.17) is 4.74 Å². The second kappa shape index (κ2) is 7.47. The largest absolute Gasteiger partial charge is 0.493 e. The Morgan fingerprint density at radius 1 is 1.30 bits per heavy atom. The number of hydrogen-bond donors (Lipinski definition) is 1. The topological polar surface area (TPSA) is 93.1 Å². The van der Waals surface area contributed by atoms with Gasteiger partial charge in [0.25, 0.3) is 0 Å². The van der Waals surface area contributed by atoms with Crippen molar-refractivity contribution in [2.75, 3.05) is 11.9 Å². The average Bonchev–Trinajstić information content (AvgIpc) is 3.50. The van der Waals surface area contributed by atoms with Gasteiger partial charge in [-0.25, -0.2) is 14.4 Å². The Hall–Kier alpha value is -4.14. The number of nitriles is 1. The van der Waals surface area contributed by atoms with Crippen molar-refractivity contribution in [3.63, 3.8) is 0 Å². The van der Waals surface area contributed by atoms with E-state index in [9.17, 15) is 22.8 Å². The fourth-order valence-electron chi connectivity index (χ4n) is 3.87. The molecule has 0 aliphatic carbocycles. The number of aryl methyl sites for hydroxylation is 1. The van der Waals surface area contributed by atoms with E-state index < -0.39 is 17.7 Å². The molecule has 0 amide bonds. The number of rotatable bonds is 4. The standard InChI is InChI=1S/C21H15F4N7O/c1-31-16(6-18(30-31)21(23,24)25)14-9-28-20(32-10-11(7-26)29-19(14)32)27-8-13-12-4-5-33-17(12)3-2-15(13)22/h2-3,6,9-10H,4-5,8H2,1H3,(H,27,28). The second-order valence-corrected chi connectivity index (χ2v) is 7.42. The van der Waals surface area contributed by atoms with Crippen molar-refractivity contribution in [3.05, 3.63) is 58.9 Å². The van der Waals surface area contributed by atoms with E-state index in [1.165, 1.54) is 29.9 Å². The average molecular weight is 457 g/mol. The van der Waals surface area contributed by atoms with Crippen molar-refractivity contribution < 1.29 is 22.3 Å². The predicted octanol–water partition coefficient (Wildman–Crippen LogP) is 3.71. The normalized spacial score (nSPS) is 13.1. The third-order valence-corrected chi connectivity index (χ3v) is 5.42. The molecule has 1 aromatic carbocycles. The summed E-state index contributed by atoms with van der Waals surface area (Å²) in [5, 5.41) is 15.9. The van der Waals surface area contributed by atoms with Gasteiger partial charge in [0.1, 0.15) is 17.6 Å². The molecule has 5 rings (SSSR count). The summed E-state index contributed by atoms with van der Waals surface area (Å²) < 4.78 is 61.8. The van der Waals surface area contributed by atoms with Crippen LogP contribution in [0.2, 0.25) is 0 Å². The minimum Gasteiger partial charge on any atom is -0.493 e. The number of ether oxygens (including phenoxy) is 1. The fourth-order valence-corrected chi connectivity index (χ4v) is 3.87. The Bertz CT molecular complexity index is 1430. The molecule has 0 saturated carbocycles. The Labute approximate surface area is 184 Å². The van der Waals surface area contributed by atoms with E-state index in [0.29, 0.717) is 24.3 Å². The highest BCUT2D eigenvalue weighted by Crippen LogP contribution is 2.34. The van der Waals surface area contributed by atoms with Crippen molar-refractivity contribution in [3.8, 4) is 23.1 Å². The van der Waals surface area contributed by atoms with Crippen LogP contribution in [0.3, 0.4) is 0 Å². The maximum Gasteiger partial charge on any atom is 0.435 e. The summed E-state index contributed by atoms with van der Waals surface area (Å²) >= 11 is 0. The fraction of sp³-hybridized carbons (Fsp3) is 0.238. The van der Waals surface area contributed by atoms with Crippen LogP contribution in [-0.2, 0) is 26.2 Å². The second-order valence-electron chi connectivity index (χ2n) is 7.42. The van der Waals surface area contributed by atoms with Crippen LogP contribution in [0.4, 0.5) is 23.5 Å². The van der Waals surface area contributed by atoms with Crippen molar-refractivity contribution >= 4 is 11.6 Å². The number of hydrogen-bond acceptors (Lipinski definition) is 6. The molecule has 12 heteroatoms. The van der Waals surface area contributed by atoms with Gasteiger partial charge >= 0.3 is 6.18 Å². The zero-order valence-electron chi connectivity index (χ0n) is 17.1. The number of imidazole rings is 1. The highest BCUT2D eigenvalue weighted by Gasteiger charge is 2.35. The highest BCUT2D eigenvalue weighted by molar-refractivity contribution is 5.76. The molecular formula is C21H15F4N7O.